The quantitative estimate of drug-likeness (QED) is 0.866. The SMILES string of the molecule is O=C1NC(=NC2C=N2)S/C1=C\c1cccc2ccccc12. The van der Waals surface area contributed by atoms with Crippen molar-refractivity contribution in [2.24, 2.45) is 9.98 Å². The number of benzene rings is 2. The molecule has 4 rings (SSSR count). The van der Waals surface area contributed by atoms with Gasteiger partial charge in [-0.15, -0.1) is 0 Å². The van der Waals surface area contributed by atoms with E-state index in [1.54, 1.807) is 6.21 Å². The molecule has 2 aromatic rings. The minimum absolute atomic E-state index is 0.0790. The molecule has 21 heavy (non-hydrogen) atoms. The van der Waals surface area contributed by atoms with E-state index in [9.17, 15) is 4.79 Å². The maximum atomic E-state index is 12.0. The van der Waals surface area contributed by atoms with Crippen molar-refractivity contribution in [2.45, 2.75) is 6.17 Å². The molecule has 1 fully saturated rings. The molecule has 0 radical (unpaired) electrons. The van der Waals surface area contributed by atoms with Crippen LogP contribution in [-0.4, -0.2) is 23.5 Å². The molecule has 0 bridgehead atoms. The van der Waals surface area contributed by atoms with Crippen LogP contribution in [0, 0.1) is 0 Å². The standard InChI is InChI=1S/C16H11N3OS/c20-15-13(21-16(19-15)18-14-9-17-14)8-11-6-3-5-10-4-1-2-7-12(10)11/h1-9,14H,(H,18,19,20)/b13-8-. The average molecular weight is 293 g/mol. The Balaban J connectivity index is 1.71. The molecule has 1 saturated heterocycles. The minimum atomic E-state index is -0.104. The molecule has 1 N–H and O–H groups in total. The largest absolute Gasteiger partial charge is 0.300 e. The van der Waals surface area contributed by atoms with Crippen molar-refractivity contribution in [2.75, 3.05) is 0 Å². The topological polar surface area (TPSA) is 53.8 Å². The summed E-state index contributed by atoms with van der Waals surface area (Å²) in [5, 5.41) is 5.69. The Morgan fingerprint density at radius 1 is 1.19 bits per heavy atom. The van der Waals surface area contributed by atoms with Crippen molar-refractivity contribution in [1.82, 2.24) is 5.32 Å². The highest BCUT2D eigenvalue weighted by Crippen LogP contribution is 2.29. The van der Waals surface area contributed by atoms with Gasteiger partial charge in [0.15, 0.2) is 11.3 Å². The van der Waals surface area contributed by atoms with E-state index in [-0.39, 0.29) is 12.1 Å². The molecule has 1 unspecified atom stereocenters. The third-order valence-electron chi connectivity index (χ3n) is 3.29. The second kappa shape index (κ2) is 4.86. The molecule has 1 amide bonds. The van der Waals surface area contributed by atoms with Gasteiger partial charge in [-0.05, 0) is 34.2 Å². The van der Waals surface area contributed by atoms with Crippen LogP contribution in [0.2, 0.25) is 0 Å². The summed E-state index contributed by atoms with van der Waals surface area (Å²) in [7, 11) is 0. The number of amides is 1. The van der Waals surface area contributed by atoms with Crippen molar-refractivity contribution in [1.29, 1.82) is 0 Å². The number of rotatable bonds is 2. The van der Waals surface area contributed by atoms with E-state index in [0.29, 0.717) is 10.1 Å². The Labute approximate surface area is 125 Å². The molecule has 2 aromatic carbocycles. The fourth-order valence-electron chi connectivity index (χ4n) is 2.23. The van der Waals surface area contributed by atoms with Crippen molar-refractivity contribution < 1.29 is 4.79 Å². The van der Waals surface area contributed by atoms with Gasteiger partial charge in [0.2, 0.25) is 0 Å². The van der Waals surface area contributed by atoms with Crippen LogP contribution in [0.15, 0.2) is 57.4 Å². The van der Waals surface area contributed by atoms with Gasteiger partial charge in [0, 0.05) is 6.21 Å². The zero-order chi connectivity index (χ0) is 14.2. The van der Waals surface area contributed by atoms with Gasteiger partial charge in [-0.2, -0.15) is 0 Å². The van der Waals surface area contributed by atoms with E-state index in [1.807, 2.05) is 30.3 Å². The van der Waals surface area contributed by atoms with Gasteiger partial charge < -0.3 is 5.32 Å². The lowest BCUT2D eigenvalue weighted by Crippen LogP contribution is -2.20. The Hall–Kier alpha value is -2.40. The maximum absolute atomic E-state index is 12.0. The first-order chi connectivity index (χ1) is 10.3. The zero-order valence-corrected chi connectivity index (χ0v) is 11.8. The summed E-state index contributed by atoms with van der Waals surface area (Å²) in [6.07, 6.45) is 3.58. The van der Waals surface area contributed by atoms with E-state index in [2.05, 4.69) is 33.5 Å². The molecule has 0 aromatic heterocycles. The summed E-state index contributed by atoms with van der Waals surface area (Å²) >= 11 is 1.36. The highest BCUT2D eigenvalue weighted by Gasteiger charge is 2.25. The number of hydrogen-bond acceptors (Lipinski definition) is 4. The molecule has 2 heterocycles. The normalized spacial score (nSPS) is 24.0. The van der Waals surface area contributed by atoms with Crippen LogP contribution in [0.1, 0.15) is 5.56 Å². The molecule has 0 spiro atoms. The van der Waals surface area contributed by atoms with Crippen molar-refractivity contribution >= 4 is 45.9 Å². The van der Waals surface area contributed by atoms with E-state index in [0.717, 1.165) is 16.3 Å². The first kappa shape index (κ1) is 12.3. The van der Waals surface area contributed by atoms with Gasteiger partial charge >= 0.3 is 0 Å². The highest BCUT2D eigenvalue weighted by molar-refractivity contribution is 8.18. The smallest absolute Gasteiger partial charge is 0.264 e. The Bertz CT molecular complexity index is 827. The first-order valence-electron chi connectivity index (χ1n) is 6.59. The van der Waals surface area contributed by atoms with E-state index in [1.165, 1.54) is 11.8 Å². The molecule has 5 heteroatoms. The fraction of sp³-hybridized carbons (Fsp3) is 0.0625. The molecule has 1 atom stereocenters. The molecule has 2 aliphatic rings. The number of nitrogens with zero attached hydrogens (tertiary/aromatic N) is 2. The number of hydrogen-bond donors (Lipinski definition) is 1. The monoisotopic (exact) mass is 293 g/mol. The predicted molar refractivity (Wildman–Crippen MR) is 87.4 cm³/mol. The molecular formula is C16H11N3OS. The molecule has 0 aliphatic carbocycles. The maximum Gasteiger partial charge on any atom is 0.264 e. The predicted octanol–water partition coefficient (Wildman–Crippen LogP) is 2.81. The summed E-state index contributed by atoms with van der Waals surface area (Å²) < 4.78 is 0. The zero-order valence-electron chi connectivity index (χ0n) is 11.0. The lowest BCUT2D eigenvalue weighted by molar-refractivity contribution is -0.115. The number of fused-ring (bicyclic) bond motifs is 1. The Morgan fingerprint density at radius 3 is 2.86 bits per heavy atom. The van der Waals surface area contributed by atoms with Gasteiger partial charge in [-0.3, -0.25) is 9.79 Å². The second-order valence-corrected chi connectivity index (χ2v) is 5.81. The lowest BCUT2D eigenvalue weighted by Gasteiger charge is -2.02. The van der Waals surface area contributed by atoms with Gasteiger partial charge in [0.25, 0.3) is 5.91 Å². The average Bonchev–Trinajstić information content (AvgIpc) is 3.24. The molecule has 2 aliphatic heterocycles. The first-order valence-corrected chi connectivity index (χ1v) is 7.41. The summed E-state index contributed by atoms with van der Waals surface area (Å²) in [5.74, 6) is -0.104. The Kier molecular flexibility index (Phi) is 2.86. The van der Waals surface area contributed by atoms with Gasteiger partial charge in [0.05, 0.1) is 4.91 Å². The van der Waals surface area contributed by atoms with E-state index < -0.39 is 0 Å². The molecular weight excluding hydrogens is 282 g/mol. The second-order valence-electron chi connectivity index (χ2n) is 4.78. The number of amidine groups is 1. The summed E-state index contributed by atoms with van der Waals surface area (Å²) in [6.45, 7) is 0. The van der Waals surface area contributed by atoms with Crippen molar-refractivity contribution in [3.05, 3.63) is 52.9 Å². The van der Waals surface area contributed by atoms with Crippen LogP contribution in [0.5, 0.6) is 0 Å². The van der Waals surface area contributed by atoms with E-state index >= 15 is 0 Å². The van der Waals surface area contributed by atoms with E-state index in [4.69, 9.17) is 0 Å². The lowest BCUT2D eigenvalue weighted by atomic mass is 10.0. The van der Waals surface area contributed by atoms with Gasteiger partial charge in [0.1, 0.15) is 0 Å². The van der Waals surface area contributed by atoms with Gasteiger partial charge in [-0.1, -0.05) is 42.5 Å². The number of carbonyl (C=O) groups is 1. The molecule has 102 valence electrons. The summed E-state index contributed by atoms with van der Waals surface area (Å²) in [6, 6.07) is 14.2. The number of thioether (sulfide) groups is 1. The third kappa shape index (κ3) is 2.48. The highest BCUT2D eigenvalue weighted by atomic mass is 32.2. The third-order valence-corrected chi connectivity index (χ3v) is 4.22. The molecule has 0 saturated carbocycles. The van der Waals surface area contributed by atoms with Crippen LogP contribution in [0.4, 0.5) is 0 Å². The van der Waals surface area contributed by atoms with Crippen LogP contribution in [0.25, 0.3) is 16.8 Å². The van der Waals surface area contributed by atoms with Crippen LogP contribution in [-0.2, 0) is 4.79 Å². The van der Waals surface area contributed by atoms with Crippen LogP contribution in [0.3, 0.4) is 0 Å². The van der Waals surface area contributed by atoms with Gasteiger partial charge in [-0.25, -0.2) is 4.99 Å². The summed E-state index contributed by atoms with van der Waals surface area (Å²) in [4.78, 5) is 20.9. The number of nitrogens with one attached hydrogen (secondary N) is 1. The number of carbonyl (C=O) groups excluding carboxylic acids is 1. The number of aliphatic imine (C=N–C) groups is 2. The van der Waals surface area contributed by atoms with Crippen molar-refractivity contribution in [3.8, 4) is 0 Å². The van der Waals surface area contributed by atoms with Crippen LogP contribution < -0.4 is 5.32 Å². The Morgan fingerprint density at radius 2 is 2.00 bits per heavy atom. The fourth-order valence-corrected chi connectivity index (χ4v) is 3.07. The molecule has 4 nitrogen and oxygen atoms in total. The van der Waals surface area contributed by atoms with Crippen LogP contribution >= 0.6 is 11.8 Å². The summed E-state index contributed by atoms with van der Waals surface area (Å²) in [5.41, 5.74) is 1.04. The van der Waals surface area contributed by atoms with Crippen molar-refractivity contribution in [3.63, 3.8) is 0 Å². The minimum Gasteiger partial charge on any atom is -0.300 e.